The van der Waals surface area contributed by atoms with Gasteiger partial charge in [0.15, 0.2) is 21.4 Å². The summed E-state index contributed by atoms with van der Waals surface area (Å²) in [5.74, 6) is 1.05. The van der Waals surface area contributed by atoms with E-state index in [0.717, 1.165) is 9.37 Å². The van der Waals surface area contributed by atoms with Gasteiger partial charge in [0.2, 0.25) is 0 Å². The first-order valence-corrected chi connectivity index (χ1v) is 15.3. The number of hydrogen-bond acceptors (Lipinski definition) is 9. The van der Waals surface area contributed by atoms with E-state index in [4.69, 9.17) is 18.6 Å². The van der Waals surface area contributed by atoms with Crippen LogP contribution in [0.15, 0.2) is 94.5 Å². The minimum absolute atomic E-state index is 0.191. The molecular weight excluding hydrogens is 628 g/mol. The average molecular weight is 656 g/mol. The van der Waals surface area contributed by atoms with Gasteiger partial charge in [-0.2, -0.15) is 0 Å². The molecule has 2 aromatic carbocycles. The highest BCUT2D eigenvalue weighted by Gasteiger charge is 2.34. The summed E-state index contributed by atoms with van der Waals surface area (Å²) in [4.78, 5) is 33.3. The molecule has 4 aromatic rings. The number of carbonyl (C=O) groups is 1. The minimum atomic E-state index is -0.773. The van der Waals surface area contributed by atoms with Crippen molar-refractivity contribution >= 4 is 51.1 Å². The molecule has 8 nitrogen and oxygen atoms in total. The van der Waals surface area contributed by atoms with Gasteiger partial charge < -0.3 is 18.6 Å². The van der Waals surface area contributed by atoms with Crippen molar-refractivity contribution in [1.82, 2.24) is 4.57 Å². The Kier molecular flexibility index (Phi) is 8.86. The number of allylic oxidation sites excluding steroid dienone is 1. The molecule has 0 saturated carbocycles. The molecule has 41 heavy (non-hydrogen) atoms. The van der Waals surface area contributed by atoms with E-state index in [1.807, 2.05) is 49.4 Å². The molecule has 0 radical (unpaired) electrons. The minimum Gasteiger partial charge on any atom is -0.493 e. The van der Waals surface area contributed by atoms with Gasteiger partial charge in [0.25, 0.3) is 5.56 Å². The molecule has 1 aliphatic heterocycles. The summed E-state index contributed by atoms with van der Waals surface area (Å²) in [6.07, 6.45) is 1.70. The molecule has 0 unspecified atom stereocenters. The zero-order valence-corrected chi connectivity index (χ0v) is 26.0. The molecule has 0 N–H and O–H groups in total. The maximum atomic E-state index is 13.9. The number of ether oxygens (including phenoxy) is 3. The SMILES string of the molecule is CCOC(=O)C1=C(C)N=c2s/c(=C/c3cc(Br)c(Sc4ccccc4)o3)c(=O)n2[C@H]1c1ccc(OC)c(OCC)c1. The standard InChI is InChI=1S/C30H27BrN2O6S2/c1-5-37-23-14-18(12-13-22(23)36-4)26-25(28(35)38-6-2)17(3)32-30-33(26)27(34)24(41-30)16-19-15-21(31)29(39-19)40-20-10-8-7-9-11-20/h7-16,26H,5-6H2,1-4H3/b24-16+/t26-/m0/s1. The molecule has 212 valence electrons. The van der Waals surface area contributed by atoms with Crippen molar-refractivity contribution in [3.05, 3.63) is 101 Å². The topological polar surface area (TPSA) is 92.3 Å². The summed E-state index contributed by atoms with van der Waals surface area (Å²) in [6, 6.07) is 16.3. The van der Waals surface area contributed by atoms with Crippen molar-refractivity contribution in [2.45, 2.75) is 36.8 Å². The van der Waals surface area contributed by atoms with E-state index in [9.17, 15) is 9.59 Å². The van der Waals surface area contributed by atoms with Crippen molar-refractivity contribution in [3.63, 3.8) is 0 Å². The lowest BCUT2D eigenvalue weighted by Crippen LogP contribution is -2.39. The van der Waals surface area contributed by atoms with Crippen molar-refractivity contribution in [3.8, 4) is 11.5 Å². The lowest BCUT2D eigenvalue weighted by molar-refractivity contribution is -0.139. The van der Waals surface area contributed by atoms with Crippen LogP contribution >= 0.6 is 39.0 Å². The van der Waals surface area contributed by atoms with Crippen LogP contribution in [0.25, 0.3) is 6.08 Å². The molecule has 11 heteroatoms. The molecule has 0 bridgehead atoms. The summed E-state index contributed by atoms with van der Waals surface area (Å²) >= 11 is 6.28. The summed E-state index contributed by atoms with van der Waals surface area (Å²) in [7, 11) is 1.56. The third kappa shape index (κ3) is 5.93. The highest BCUT2D eigenvalue weighted by molar-refractivity contribution is 9.10. The fourth-order valence-electron chi connectivity index (χ4n) is 4.47. The van der Waals surface area contributed by atoms with Crippen LogP contribution in [0.2, 0.25) is 0 Å². The number of carbonyl (C=O) groups excluding carboxylic acids is 1. The van der Waals surface area contributed by atoms with Crippen molar-refractivity contribution in [1.29, 1.82) is 0 Å². The van der Waals surface area contributed by atoms with Gasteiger partial charge in [0, 0.05) is 11.0 Å². The number of aromatic nitrogens is 1. The Labute approximate surface area is 253 Å². The second-order valence-electron chi connectivity index (χ2n) is 8.84. The second-order valence-corrected chi connectivity index (χ2v) is 11.8. The first-order valence-electron chi connectivity index (χ1n) is 12.9. The summed E-state index contributed by atoms with van der Waals surface area (Å²) in [5.41, 5.74) is 1.14. The average Bonchev–Trinajstić information content (AvgIpc) is 3.46. The van der Waals surface area contributed by atoms with Gasteiger partial charge in [-0.3, -0.25) is 9.36 Å². The number of nitrogens with zero attached hydrogens (tertiary/aromatic N) is 2. The van der Waals surface area contributed by atoms with E-state index in [-0.39, 0.29) is 12.2 Å². The van der Waals surface area contributed by atoms with Crippen LogP contribution in [-0.4, -0.2) is 30.9 Å². The molecule has 3 heterocycles. The highest BCUT2D eigenvalue weighted by Crippen LogP contribution is 2.37. The number of halogens is 1. The van der Waals surface area contributed by atoms with Gasteiger partial charge in [-0.25, -0.2) is 9.79 Å². The molecular formula is C30H27BrN2O6S2. The van der Waals surface area contributed by atoms with E-state index in [0.29, 0.717) is 55.1 Å². The summed E-state index contributed by atoms with van der Waals surface area (Å²) in [5, 5.41) is 0.676. The molecule has 1 atom stereocenters. The second kappa shape index (κ2) is 12.5. The zero-order valence-electron chi connectivity index (χ0n) is 22.8. The lowest BCUT2D eigenvalue weighted by Gasteiger charge is -2.25. The third-order valence-electron chi connectivity index (χ3n) is 6.22. The van der Waals surface area contributed by atoms with Gasteiger partial charge in [-0.15, -0.1) is 0 Å². The summed E-state index contributed by atoms with van der Waals surface area (Å²) in [6.45, 7) is 5.98. The van der Waals surface area contributed by atoms with Crippen molar-refractivity contribution in [2.24, 2.45) is 4.99 Å². The fraction of sp³-hybridized carbons (Fsp3) is 0.233. The van der Waals surface area contributed by atoms with E-state index in [1.165, 1.54) is 27.7 Å². The number of hydrogen-bond donors (Lipinski definition) is 0. The normalized spacial score (nSPS) is 15.0. The number of benzene rings is 2. The van der Waals surface area contributed by atoms with E-state index in [2.05, 4.69) is 20.9 Å². The fourth-order valence-corrected chi connectivity index (χ4v) is 6.85. The first kappa shape index (κ1) is 29.0. The zero-order chi connectivity index (χ0) is 29.1. The van der Waals surface area contributed by atoms with Gasteiger partial charge in [-0.05, 0) is 72.6 Å². The Balaban J connectivity index is 1.63. The Morgan fingerprint density at radius 2 is 1.93 bits per heavy atom. The maximum absolute atomic E-state index is 13.9. The largest absolute Gasteiger partial charge is 0.493 e. The maximum Gasteiger partial charge on any atom is 0.338 e. The predicted octanol–water partition coefficient (Wildman–Crippen LogP) is 5.71. The van der Waals surface area contributed by atoms with Crippen LogP contribution in [0.4, 0.5) is 0 Å². The van der Waals surface area contributed by atoms with Crippen molar-refractivity contribution < 1.29 is 23.4 Å². The first-order chi connectivity index (χ1) is 19.8. The van der Waals surface area contributed by atoms with Crippen LogP contribution in [0.5, 0.6) is 11.5 Å². The number of methoxy groups -OCH3 is 1. The van der Waals surface area contributed by atoms with E-state index < -0.39 is 12.0 Å². The smallest absolute Gasteiger partial charge is 0.338 e. The molecule has 5 rings (SSSR count). The van der Waals surface area contributed by atoms with Gasteiger partial charge >= 0.3 is 5.97 Å². The Hall–Kier alpha value is -3.54. The molecule has 0 saturated heterocycles. The third-order valence-corrected chi connectivity index (χ3v) is 9.05. The molecule has 2 aromatic heterocycles. The van der Waals surface area contributed by atoms with E-state index >= 15 is 0 Å². The molecule has 0 aliphatic carbocycles. The van der Waals surface area contributed by atoms with Crippen LogP contribution in [0.1, 0.15) is 38.1 Å². The number of rotatable bonds is 9. The number of thiazole rings is 1. The van der Waals surface area contributed by atoms with Gasteiger partial charge in [0.05, 0.1) is 46.6 Å². The van der Waals surface area contributed by atoms with Gasteiger partial charge in [0.1, 0.15) is 5.76 Å². The molecule has 1 aliphatic rings. The Morgan fingerprint density at radius 1 is 1.15 bits per heavy atom. The van der Waals surface area contributed by atoms with Crippen LogP contribution in [0, 0.1) is 0 Å². The Bertz CT molecular complexity index is 1810. The van der Waals surface area contributed by atoms with E-state index in [1.54, 1.807) is 39.2 Å². The number of fused-ring (bicyclic) bond motifs is 1. The predicted molar refractivity (Wildman–Crippen MR) is 162 cm³/mol. The quantitative estimate of drug-likeness (QED) is 0.213. The molecule has 0 fully saturated rings. The highest BCUT2D eigenvalue weighted by atomic mass is 79.9. The van der Waals surface area contributed by atoms with Crippen LogP contribution in [0.3, 0.4) is 0 Å². The van der Waals surface area contributed by atoms with Crippen LogP contribution in [-0.2, 0) is 9.53 Å². The van der Waals surface area contributed by atoms with Crippen LogP contribution < -0.4 is 24.4 Å². The Morgan fingerprint density at radius 3 is 2.63 bits per heavy atom. The summed E-state index contributed by atoms with van der Waals surface area (Å²) < 4.78 is 25.5. The van der Waals surface area contributed by atoms with Gasteiger partial charge in [-0.1, -0.05) is 47.4 Å². The molecule has 0 spiro atoms. The number of furan rings is 1. The number of esters is 1. The monoisotopic (exact) mass is 654 g/mol. The lowest BCUT2D eigenvalue weighted by atomic mass is 9.95. The molecule has 0 amide bonds. The van der Waals surface area contributed by atoms with Crippen molar-refractivity contribution in [2.75, 3.05) is 20.3 Å².